The average Bonchev–Trinajstić information content (AvgIpc) is 2.48. The highest BCUT2D eigenvalue weighted by Crippen LogP contribution is 2.46. The van der Waals surface area contributed by atoms with Gasteiger partial charge >= 0.3 is 0 Å². The molecule has 1 aromatic carbocycles. The summed E-state index contributed by atoms with van der Waals surface area (Å²) >= 11 is 23.2. The standard InChI is InChI=1S/C8H2Cl4O2S/c9-4-3-1-2-15(13,14)8(3)7(12)6(11)5(4)10/h1-2H. The first-order valence-corrected chi connectivity index (χ1v) is 6.71. The second-order valence-corrected chi connectivity index (χ2v) is 6.13. The molecule has 0 aromatic heterocycles. The lowest BCUT2D eigenvalue weighted by Gasteiger charge is -2.08. The molecule has 2 rings (SSSR count). The quantitative estimate of drug-likeness (QED) is 0.535. The second kappa shape index (κ2) is 3.54. The lowest BCUT2D eigenvalue weighted by molar-refractivity contribution is 0.605. The van der Waals surface area contributed by atoms with Crippen molar-refractivity contribution < 1.29 is 8.42 Å². The Morgan fingerprint density at radius 1 is 0.867 bits per heavy atom. The molecule has 0 saturated carbocycles. The number of hydrogen-bond acceptors (Lipinski definition) is 2. The van der Waals surface area contributed by atoms with Crippen LogP contribution in [-0.4, -0.2) is 8.42 Å². The van der Waals surface area contributed by atoms with Crippen LogP contribution in [0.15, 0.2) is 10.3 Å². The molecule has 2 nitrogen and oxygen atoms in total. The van der Waals surface area contributed by atoms with Gasteiger partial charge in [0.1, 0.15) is 4.90 Å². The zero-order chi connectivity index (χ0) is 11.4. The Bertz CT molecular complexity index is 589. The predicted molar refractivity (Wildman–Crippen MR) is 62.7 cm³/mol. The van der Waals surface area contributed by atoms with Gasteiger partial charge in [0.15, 0.2) is 0 Å². The SMILES string of the molecule is O=S1(=O)C=Cc2c(Cl)c(Cl)c(Cl)c(Cl)c21. The summed E-state index contributed by atoms with van der Waals surface area (Å²) in [6.07, 6.45) is 1.35. The molecule has 1 aromatic rings. The van der Waals surface area contributed by atoms with Gasteiger partial charge < -0.3 is 0 Å². The minimum absolute atomic E-state index is 0.0469. The van der Waals surface area contributed by atoms with Gasteiger partial charge in [-0.3, -0.25) is 0 Å². The van der Waals surface area contributed by atoms with Crippen molar-refractivity contribution in [2.24, 2.45) is 0 Å². The van der Waals surface area contributed by atoms with Gasteiger partial charge in [0.25, 0.3) is 0 Å². The molecule has 0 aliphatic carbocycles. The summed E-state index contributed by atoms with van der Waals surface area (Å²) in [4.78, 5) is -0.0800. The summed E-state index contributed by atoms with van der Waals surface area (Å²) in [5, 5.41) is 1.03. The van der Waals surface area contributed by atoms with E-state index in [1.165, 1.54) is 6.08 Å². The molecule has 15 heavy (non-hydrogen) atoms. The van der Waals surface area contributed by atoms with Crippen molar-refractivity contribution in [2.45, 2.75) is 4.90 Å². The van der Waals surface area contributed by atoms with Crippen molar-refractivity contribution in [3.8, 4) is 0 Å². The smallest absolute Gasteiger partial charge is 0.202 e. The zero-order valence-corrected chi connectivity index (χ0v) is 10.7. The Balaban J connectivity index is 3.00. The van der Waals surface area contributed by atoms with Crippen molar-refractivity contribution in [3.05, 3.63) is 31.1 Å². The van der Waals surface area contributed by atoms with Gasteiger partial charge in [-0.15, -0.1) is 0 Å². The first kappa shape index (κ1) is 11.6. The van der Waals surface area contributed by atoms with Crippen LogP contribution in [0.25, 0.3) is 6.08 Å². The minimum Gasteiger partial charge on any atom is -0.219 e. The average molecular weight is 304 g/mol. The predicted octanol–water partition coefficient (Wildman–Crippen LogP) is 4.06. The first-order valence-electron chi connectivity index (χ1n) is 3.65. The third-order valence-corrected chi connectivity index (χ3v) is 5.37. The number of hydrogen-bond donors (Lipinski definition) is 0. The van der Waals surface area contributed by atoms with Gasteiger partial charge in [0.05, 0.1) is 20.1 Å². The number of sulfone groups is 1. The minimum atomic E-state index is -3.54. The van der Waals surface area contributed by atoms with Gasteiger partial charge in [-0.2, -0.15) is 0 Å². The Labute approximate surface area is 106 Å². The second-order valence-electron chi connectivity index (χ2n) is 2.85. The Kier molecular flexibility index (Phi) is 2.72. The van der Waals surface area contributed by atoms with E-state index >= 15 is 0 Å². The maximum Gasteiger partial charge on any atom is 0.202 e. The normalized spacial score (nSPS) is 16.8. The van der Waals surface area contributed by atoms with E-state index in [0.717, 1.165) is 5.41 Å². The molecule has 0 atom stereocenters. The molecular weight excluding hydrogens is 302 g/mol. The Morgan fingerprint density at radius 3 is 2.00 bits per heavy atom. The van der Waals surface area contributed by atoms with Crippen LogP contribution >= 0.6 is 46.4 Å². The summed E-state index contributed by atoms with van der Waals surface area (Å²) in [7, 11) is -3.54. The lowest BCUT2D eigenvalue weighted by atomic mass is 10.2. The van der Waals surface area contributed by atoms with Crippen molar-refractivity contribution in [3.63, 3.8) is 0 Å². The fraction of sp³-hybridized carbons (Fsp3) is 0. The highest BCUT2D eigenvalue weighted by molar-refractivity contribution is 7.95. The fourth-order valence-electron chi connectivity index (χ4n) is 1.28. The maximum absolute atomic E-state index is 11.6. The number of benzene rings is 1. The molecule has 0 unspecified atom stereocenters. The summed E-state index contributed by atoms with van der Waals surface area (Å²) in [5.74, 6) is 0. The molecule has 0 fully saturated rings. The van der Waals surface area contributed by atoms with E-state index in [4.69, 9.17) is 46.4 Å². The molecule has 80 valence electrons. The molecular formula is C8H2Cl4O2S. The van der Waals surface area contributed by atoms with Crippen molar-refractivity contribution in [1.29, 1.82) is 0 Å². The maximum atomic E-state index is 11.6. The molecule has 0 bridgehead atoms. The molecule has 1 aliphatic rings. The highest BCUT2D eigenvalue weighted by Gasteiger charge is 2.30. The fourth-order valence-corrected chi connectivity index (χ4v) is 3.93. The third-order valence-electron chi connectivity index (χ3n) is 1.96. The third kappa shape index (κ3) is 1.58. The van der Waals surface area contributed by atoms with Crippen LogP contribution in [0.5, 0.6) is 0 Å². The Morgan fingerprint density at radius 2 is 1.40 bits per heavy atom. The van der Waals surface area contributed by atoms with E-state index < -0.39 is 9.84 Å². The van der Waals surface area contributed by atoms with Crippen LogP contribution in [0.3, 0.4) is 0 Å². The van der Waals surface area contributed by atoms with Gasteiger partial charge in [-0.1, -0.05) is 46.4 Å². The molecule has 0 radical (unpaired) electrons. The molecule has 0 amide bonds. The molecule has 1 heterocycles. The summed E-state index contributed by atoms with van der Waals surface area (Å²) in [5.41, 5.74) is 0.288. The van der Waals surface area contributed by atoms with E-state index in [1.54, 1.807) is 0 Å². The van der Waals surface area contributed by atoms with Crippen LogP contribution < -0.4 is 0 Å². The Hall–Kier alpha value is 0.0700. The largest absolute Gasteiger partial charge is 0.219 e. The summed E-state index contributed by atoms with van der Waals surface area (Å²) < 4.78 is 23.1. The summed E-state index contributed by atoms with van der Waals surface area (Å²) in [6, 6.07) is 0. The van der Waals surface area contributed by atoms with E-state index in [2.05, 4.69) is 0 Å². The number of halogens is 4. The van der Waals surface area contributed by atoms with Crippen LogP contribution in [0.2, 0.25) is 20.1 Å². The van der Waals surface area contributed by atoms with Crippen LogP contribution in [0, 0.1) is 0 Å². The van der Waals surface area contributed by atoms with Gasteiger partial charge in [-0.05, 0) is 6.08 Å². The molecule has 7 heteroatoms. The van der Waals surface area contributed by atoms with E-state index in [-0.39, 0.29) is 30.5 Å². The van der Waals surface area contributed by atoms with Crippen LogP contribution in [-0.2, 0) is 9.84 Å². The van der Waals surface area contributed by atoms with Gasteiger partial charge in [0, 0.05) is 11.0 Å². The van der Waals surface area contributed by atoms with E-state index in [9.17, 15) is 8.42 Å². The van der Waals surface area contributed by atoms with Gasteiger partial charge in [-0.25, -0.2) is 8.42 Å². The van der Waals surface area contributed by atoms with E-state index in [0.29, 0.717) is 0 Å². The zero-order valence-electron chi connectivity index (χ0n) is 6.89. The molecule has 0 saturated heterocycles. The molecule has 0 spiro atoms. The van der Waals surface area contributed by atoms with Crippen LogP contribution in [0.1, 0.15) is 5.56 Å². The summed E-state index contributed by atoms with van der Waals surface area (Å²) in [6.45, 7) is 0. The van der Waals surface area contributed by atoms with E-state index in [1.807, 2.05) is 0 Å². The number of rotatable bonds is 0. The van der Waals surface area contributed by atoms with Crippen molar-refractivity contribution in [2.75, 3.05) is 0 Å². The molecule has 0 N–H and O–H groups in total. The van der Waals surface area contributed by atoms with Crippen LogP contribution in [0.4, 0.5) is 0 Å². The first-order chi connectivity index (χ1) is 6.86. The topological polar surface area (TPSA) is 34.1 Å². The monoisotopic (exact) mass is 302 g/mol. The van der Waals surface area contributed by atoms with Crippen molar-refractivity contribution >= 4 is 62.3 Å². The lowest BCUT2D eigenvalue weighted by Crippen LogP contribution is -1.96. The van der Waals surface area contributed by atoms with Crippen molar-refractivity contribution in [1.82, 2.24) is 0 Å². The highest BCUT2D eigenvalue weighted by atomic mass is 35.5. The number of fused-ring (bicyclic) bond motifs is 1. The molecule has 1 aliphatic heterocycles. The van der Waals surface area contributed by atoms with Gasteiger partial charge in [0.2, 0.25) is 9.84 Å².